The summed E-state index contributed by atoms with van der Waals surface area (Å²) in [5, 5.41) is 12.3. The van der Waals surface area contributed by atoms with Gasteiger partial charge in [0, 0.05) is 12.6 Å². The number of carbonyl (C=O) groups excluding carboxylic acids is 1. The van der Waals surface area contributed by atoms with Crippen LogP contribution in [0.1, 0.15) is 28.2 Å². The summed E-state index contributed by atoms with van der Waals surface area (Å²) in [4.78, 5) is 14.2. The molecule has 3 rings (SSSR count). The largest absolute Gasteiger partial charge is 0.374 e. The molecule has 0 aromatic carbocycles. The van der Waals surface area contributed by atoms with Gasteiger partial charge in [-0.25, -0.2) is 0 Å². The first kappa shape index (κ1) is 11.6. The molecule has 5 nitrogen and oxygen atoms in total. The predicted molar refractivity (Wildman–Crippen MR) is 71.5 cm³/mol. The van der Waals surface area contributed by atoms with Crippen LogP contribution in [-0.4, -0.2) is 27.0 Å². The fourth-order valence-corrected chi connectivity index (χ4v) is 3.00. The van der Waals surface area contributed by atoms with Crippen molar-refractivity contribution < 1.29 is 4.79 Å². The van der Waals surface area contributed by atoms with Gasteiger partial charge in [0.15, 0.2) is 0 Å². The van der Waals surface area contributed by atoms with Gasteiger partial charge in [-0.15, -0.1) is 10.2 Å². The number of hydrogen-bond donors (Lipinski definition) is 1. The summed E-state index contributed by atoms with van der Waals surface area (Å²) in [5.41, 5.74) is 6.68. The van der Waals surface area contributed by atoms with E-state index in [4.69, 9.17) is 5.73 Å². The number of carbonyl (C=O) groups is 1. The molecule has 0 saturated heterocycles. The Balaban J connectivity index is 1.79. The topological polar surface area (TPSA) is 72.1 Å². The van der Waals surface area contributed by atoms with Crippen LogP contribution in [0.3, 0.4) is 0 Å². The number of thiophene rings is 1. The van der Waals surface area contributed by atoms with Crippen LogP contribution in [0.5, 0.6) is 0 Å². The van der Waals surface area contributed by atoms with Crippen molar-refractivity contribution >= 4 is 33.7 Å². The van der Waals surface area contributed by atoms with Crippen molar-refractivity contribution in [1.82, 2.24) is 15.1 Å². The van der Waals surface area contributed by atoms with Crippen molar-refractivity contribution in [2.45, 2.75) is 25.4 Å². The Bertz CT molecular complexity index is 547. The number of hydrogen-bond acceptors (Lipinski definition) is 6. The van der Waals surface area contributed by atoms with E-state index in [1.165, 1.54) is 0 Å². The smallest absolute Gasteiger partial charge is 0.285 e. The summed E-state index contributed by atoms with van der Waals surface area (Å²) >= 11 is 2.79. The normalized spacial score (nSPS) is 14.7. The second-order valence-corrected chi connectivity index (χ2v) is 6.03. The number of nitrogens with two attached hydrogens (primary N) is 1. The van der Waals surface area contributed by atoms with E-state index in [1.807, 2.05) is 16.3 Å². The molecule has 0 spiro atoms. The molecule has 1 aliphatic rings. The number of nitrogens with zero attached hydrogens (tertiary/aromatic N) is 3. The SMILES string of the molecule is Nc1nnc(C(=O)N(Cc2ccsc2)C2CC2)s1. The van der Waals surface area contributed by atoms with Gasteiger partial charge >= 0.3 is 0 Å². The van der Waals surface area contributed by atoms with E-state index in [0.29, 0.717) is 22.7 Å². The van der Waals surface area contributed by atoms with Crippen molar-refractivity contribution in [2.24, 2.45) is 0 Å². The zero-order chi connectivity index (χ0) is 12.5. The van der Waals surface area contributed by atoms with E-state index in [0.717, 1.165) is 29.7 Å². The van der Waals surface area contributed by atoms with Crippen LogP contribution in [0.15, 0.2) is 16.8 Å². The average molecular weight is 280 g/mol. The molecule has 1 fully saturated rings. The van der Waals surface area contributed by atoms with Crippen molar-refractivity contribution in [3.8, 4) is 0 Å². The van der Waals surface area contributed by atoms with Gasteiger partial charge < -0.3 is 10.6 Å². The van der Waals surface area contributed by atoms with Gasteiger partial charge in [0.05, 0.1) is 0 Å². The van der Waals surface area contributed by atoms with Crippen LogP contribution in [0.4, 0.5) is 5.13 Å². The fraction of sp³-hybridized carbons (Fsp3) is 0.364. The first-order valence-electron chi connectivity index (χ1n) is 5.65. The highest BCUT2D eigenvalue weighted by Crippen LogP contribution is 2.30. The Morgan fingerprint density at radius 2 is 2.33 bits per heavy atom. The van der Waals surface area contributed by atoms with Crippen molar-refractivity contribution in [3.63, 3.8) is 0 Å². The summed E-state index contributed by atoms with van der Waals surface area (Å²) < 4.78 is 0. The summed E-state index contributed by atoms with van der Waals surface area (Å²) in [5.74, 6) is -0.0575. The van der Waals surface area contributed by atoms with Gasteiger partial charge in [-0.3, -0.25) is 4.79 Å². The standard InChI is InChI=1S/C11H12N4OS2/c12-11-14-13-9(18-11)10(16)15(8-1-2-8)5-7-3-4-17-6-7/h3-4,6,8H,1-2,5H2,(H2,12,14). The highest BCUT2D eigenvalue weighted by molar-refractivity contribution is 7.16. The van der Waals surface area contributed by atoms with Gasteiger partial charge in [-0.1, -0.05) is 11.3 Å². The van der Waals surface area contributed by atoms with Crippen molar-refractivity contribution in [3.05, 3.63) is 27.4 Å². The molecular formula is C11H12N4OS2. The van der Waals surface area contributed by atoms with Crippen molar-refractivity contribution in [2.75, 3.05) is 5.73 Å². The van der Waals surface area contributed by atoms with Crippen LogP contribution < -0.4 is 5.73 Å². The lowest BCUT2D eigenvalue weighted by Crippen LogP contribution is -2.32. The van der Waals surface area contributed by atoms with E-state index in [9.17, 15) is 4.79 Å². The molecule has 2 aromatic heterocycles. The Morgan fingerprint density at radius 1 is 1.50 bits per heavy atom. The summed E-state index contributed by atoms with van der Waals surface area (Å²) in [6, 6.07) is 2.39. The summed E-state index contributed by atoms with van der Waals surface area (Å²) in [6.07, 6.45) is 2.15. The highest BCUT2D eigenvalue weighted by Gasteiger charge is 2.34. The molecule has 0 bridgehead atoms. The van der Waals surface area contributed by atoms with E-state index in [2.05, 4.69) is 15.6 Å². The first-order chi connectivity index (χ1) is 8.74. The van der Waals surface area contributed by atoms with Gasteiger partial charge in [0.2, 0.25) is 10.1 Å². The van der Waals surface area contributed by atoms with Gasteiger partial charge in [-0.2, -0.15) is 11.3 Å². The lowest BCUT2D eigenvalue weighted by Gasteiger charge is -2.20. The molecule has 0 unspecified atom stereocenters. The third-order valence-corrected chi connectivity index (χ3v) is 4.28. The Kier molecular flexibility index (Phi) is 3.00. The van der Waals surface area contributed by atoms with Crippen LogP contribution in [0.25, 0.3) is 0 Å². The minimum atomic E-state index is -0.0575. The summed E-state index contributed by atoms with van der Waals surface area (Å²) in [6.45, 7) is 0.645. The molecular weight excluding hydrogens is 268 g/mol. The predicted octanol–water partition coefficient (Wildman–Crippen LogP) is 1.99. The van der Waals surface area contributed by atoms with E-state index in [-0.39, 0.29) is 5.91 Å². The maximum absolute atomic E-state index is 12.3. The van der Waals surface area contributed by atoms with Crippen LogP contribution in [-0.2, 0) is 6.54 Å². The van der Waals surface area contributed by atoms with Crippen LogP contribution >= 0.6 is 22.7 Å². The van der Waals surface area contributed by atoms with Gasteiger partial charge in [-0.05, 0) is 35.2 Å². The number of amides is 1. The lowest BCUT2D eigenvalue weighted by atomic mass is 10.3. The zero-order valence-corrected chi connectivity index (χ0v) is 11.2. The van der Waals surface area contributed by atoms with Crippen LogP contribution in [0.2, 0.25) is 0 Å². The lowest BCUT2D eigenvalue weighted by molar-refractivity contribution is 0.0729. The maximum Gasteiger partial charge on any atom is 0.285 e. The number of anilines is 1. The van der Waals surface area contributed by atoms with E-state index >= 15 is 0 Å². The first-order valence-corrected chi connectivity index (χ1v) is 7.41. The Hall–Kier alpha value is -1.47. The molecule has 2 heterocycles. The maximum atomic E-state index is 12.3. The number of nitrogen functional groups attached to an aromatic ring is 1. The minimum absolute atomic E-state index is 0.0575. The zero-order valence-electron chi connectivity index (χ0n) is 9.57. The molecule has 94 valence electrons. The molecule has 0 atom stereocenters. The second-order valence-electron chi connectivity index (χ2n) is 4.24. The van der Waals surface area contributed by atoms with Crippen molar-refractivity contribution in [1.29, 1.82) is 0 Å². The highest BCUT2D eigenvalue weighted by atomic mass is 32.1. The summed E-state index contributed by atoms with van der Waals surface area (Å²) in [7, 11) is 0. The van der Waals surface area contributed by atoms with Gasteiger partial charge in [0.25, 0.3) is 5.91 Å². The molecule has 18 heavy (non-hydrogen) atoms. The second kappa shape index (κ2) is 4.66. The number of aromatic nitrogens is 2. The quantitative estimate of drug-likeness (QED) is 0.929. The van der Waals surface area contributed by atoms with Crippen LogP contribution in [0, 0.1) is 0 Å². The Labute approximate surface area is 112 Å². The molecule has 1 saturated carbocycles. The third-order valence-electron chi connectivity index (χ3n) is 2.81. The fourth-order valence-electron chi connectivity index (χ4n) is 1.78. The molecule has 2 N–H and O–H groups in total. The van der Waals surface area contributed by atoms with Gasteiger partial charge in [0.1, 0.15) is 0 Å². The monoisotopic (exact) mass is 280 g/mol. The molecule has 7 heteroatoms. The van der Waals surface area contributed by atoms with E-state index < -0.39 is 0 Å². The Morgan fingerprint density at radius 3 is 2.89 bits per heavy atom. The van der Waals surface area contributed by atoms with E-state index in [1.54, 1.807) is 11.3 Å². The minimum Gasteiger partial charge on any atom is -0.374 e. The third kappa shape index (κ3) is 2.37. The number of rotatable bonds is 4. The molecule has 1 aliphatic carbocycles. The molecule has 0 radical (unpaired) electrons. The average Bonchev–Trinajstić information content (AvgIpc) is 2.88. The molecule has 0 aliphatic heterocycles. The molecule has 1 amide bonds. The molecule has 2 aromatic rings.